The summed E-state index contributed by atoms with van der Waals surface area (Å²) in [6, 6.07) is 16.2. The molecule has 6 heteroatoms. The summed E-state index contributed by atoms with van der Waals surface area (Å²) in [5.74, 6) is 1.44. The van der Waals surface area contributed by atoms with Gasteiger partial charge in [-0.25, -0.2) is 0 Å². The van der Waals surface area contributed by atoms with Gasteiger partial charge in [0.25, 0.3) is 0 Å². The summed E-state index contributed by atoms with van der Waals surface area (Å²) in [5.41, 5.74) is 4.38. The third-order valence-corrected chi connectivity index (χ3v) is 4.13. The first-order chi connectivity index (χ1) is 11.7. The number of benzene rings is 2. The fourth-order valence-electron chi connectivity index (χ4n) is 2.82. The molecule has 0 amide bonds. The van der Waals surface area contributed by atoms with Crippen LogP contribution in [0.1, 0.15) is 22.7 Å². The van der Waals surface area contributed by atoms with E-state index in [9.17, 15) is 0 Å². The molecule has 0 bridgehead atoms. The monoisotopic (exact) mass is 319 g/mol. The molecule has 120 valence electrons. The van der Waals surface area contributed by atoms with E-state index < -0.39 is 0 Å². The predicted octanol–water partition coefficient (Wildman–Crippen LogP) is 3.05. The molecule has 0 saturated heterocycles. The topological polar surface area (TPSA) is 64.9 Å². The minimum absolute atomic E-state index is 0.0948. The summed E-state index contributed by atoms with van der Waals surface area (Å²) in [6.45, 7) is 2.08. The number of allylic oxidation sites excluding steroid dienone is 1. The summed E-state index contributed by atoms with van der Waals surface area (Å²) in [4.78, 5) is 0. The van der Waals surface area contributed by atoms with E-state index in [4.69, 9.17) is 4.74 Å². The van der Waals surface area contributed by atoms with Gasteiger partial charge in [0.1, 0.15) is 11.8 Å². The quantitative estimate of drug-likeness (QED) is 0.804. The Bertz CT molecular complexity index is 898. The highest BCUT2D eigenvalue weighted by Gasteiger charge is 2.24. The summed E-state index contributed by atoms with van der Waals surface area (Å²) in [6.07, 6.45) is 2.13. The average molecular weight is 319 g/mol. The Hall–Kier alpha value is -3.15. The minimum atomic E-state index is -0.0948. The van der Waals surface area contributed by atoms with Crippen LogP contribution in [0, 0.1) is 6.92 Å². The van der Waals surface area contributed by atoms with E-state index in [1.807, 2.05) is 24.3 Å². The molecule has 2 heterocycles. The third-order valence-electron chi connectivity index (χ3n) is 4.13. The predicted molar refractivity (Wildman–Crippen MR) is 91.7 cm³/mol. The molecule has 1 atom stereocenters. The molecule has 0 spiro atoms. The number of nitrogens with one attached hydrogen (secondary N) is 1. The lowest BCUT2D eigenvalue weighted by molar-refractivity contribution is 0.413. The second kappa shape index (κ2) is 5.81. The van der Waals surface area contributed by atoms with Crippen LogP contribution >= 0.6 is 0 Å². The van der Waals surface area contributed by atoms with E-state index in [-0.39, 0.29) is 6.04 Å². The van der Waals surface area contributed by atoms with Crippen molar-refractivity contribution in [3.63, 3.8) is 0 Å². The smallest absolute Gasteiger partial charge is 0.248 e. The van der Waals surface area contributed by atoms with Crippen LogP contribution in [0.15, 0.2) is 54.6 Å². The minimum Gasteiger partial charge on any atom is -0.497 e. The number of methoxy groups -OCH3 is 1. The fraction of sp³-hybridized carbons (Fsp3) is 0.167. The summed E-state index contributed by atoms with van der Waals surface area (Å²) < 4.78 is 7.11. The number of hydrogen-bond donors (Lipinski definition) is 1. The summed E-state index contributed by atoms with van der Waals surface area (Å²) in [7, 11) is 1.66. The largest absolute Gasteiger partial charge is 0.497 e. The number of tetrazole rings is 1. The Balaban J connectivity index is 1.80. The van der Waals surface area contributed by atoms with E-state index in [1.165, 1.54) is 5.56 Å². The Kier molecular flexibility index (Phi) is 3.49. The molecule has 1 N–H and O–H groups in total. The molecular weight excluding hydrogens is 302 g/mol. The molecule has 3 aromatic rings. The van der Waals surface area contributed by atoms with Crippen LogP contribution in [0.25, 0.3) is 5.70 Å². The van der Waals surface area contributed by atoms with Crippen molar-refractivity contribution < 1.29 is 4.74 Å². The molecule has 6 nitrogen and oxygen atoms in total. The van der Waals surface area contributed by atoms with Crippen LogP contribution < -0.4 is 10.1 Å². The number of anilines is 1. The molecule has 0 aliphatic carbocycles. The lowest BCUT2D eigenvalue weighted by atomic mass is 10.0. The number of hydrogen-bond acceptors (Lipinski definition) is 5. The number of aryl methyl sites for hydroxylation is 1. The zero-order chi connectivity index (χ0) is 16.5. The van der Waals surface area contributed by atoms with E-state index >= 15 is 0 Å². The normalized spacial score (nSPS) is 16.1. The Labute approximate surface area is 139 Å². The van der Waals surface area contributed by atoms with Gasteiger partial charge in [0, 0.05) is 5.70 Å². The molecule has 0 radical (unpaired) electrons. The van der Waals surface area contributed by atoms with Crippen LogP contribution in [0.5, 0.6) is 5.75 Å². The maximum Gasteiger partial charge on any atom is 0.248 e. The Morgan fingerprint density at radius 3 is 2.75 bits per heavy atom. The van der Waals surface area contributed by atoms with Crippen molar-refractivity contribution in [2.24, 2.45) is 0 Å². The van der Waals surface area contributed by atoms with Gasteiger partial charge in [0.15, 0.2) is 0 Å². The fourth-order valence-corrected chi connectivity index (χ4v) is 2.82. The highest BCUT2D eigenvalue weighted by Crippen LogP contribution is 2.32. The molecule has 2 aromatic carbocycles. The standard InChI is InChI=1S/C18H17N5O/c1-12-6-8-13(9-7-12)16-11-17(23-18(19-16)20-21-22-23)14-4-3-5-15(10-14)24-2/h3-11,17H,1-2H3,(H,19,20,22)/t17-/m0/s1. The molecule has 1 aromatic heterocycles. The van der Waals surface area contributed by atoms with Crippen LogP contribution in [-0.2, 0) is 0 Å². The first-order valence-electron chi connectivity index (χ1n) is 7.72. The van der Waals surface area contributed by atoms with Crippen molar-refractivity contribution in [3.05, 3.63) is 71.3 Å². The van der Waals surface area contributed by atoms with Crippen LogP contribution in [0.4, 0.5) is 5.95 Å². The molecule has 4 rings (SSSR count). The highest BCUT2D eigenvalue weighted by atomic mass is 16.5. The Morgan fingerprint density at radius 2 is 1.96 bits per heavy atom. The van der Waals surface area contributed by atoms with E-state index in [1.54, 1.807) is 11.8 Å². The van der Waals surface area contributed by atoms with Gasteiger partial charge >= 0.3 is 0 Å². The molecule has 0 fully saturated rings. The van der Waals surface area contributed by atoms with Crippen LogP contribution in [0.3, 0.4) is 0 Å². The maximum absolute atomic E-state index is 5.34. The van der Waals surface area contributed by atoms with Gasteiger partial charge < -0.3 is 10.1 Å². The van der Waals surface area contributed by atoms with Crippen molar-refractivity contribution in [1.29, 1.82) is 0 Å². The van der Waals surface area contributed by atoms with Gasteiger partial charge in [0.05, 0.1) is 7.11 Å². The number of ether oxygens (including phenoxy) is 1. The third kappa shape index (κ3) is 2.52. The van der Waals surface area contributed by atoms with Gasteiger partial charge in [-0.15, -0.1) is 0 Å². The first kappa shape index (κ1) is 14.4. The number of nitrogens with zero attached hydrogens (tertiary/aromatic N) is 4. The van der Waals surface area contributed by atoms with Crippen molar-refractivity contribution in [2.75, 3.05) is 12.4 Å². The lowest BCUT2D eigenvalue weighted by Gasteiger charge is -2.23. The number of aromatic nitrogens is 4. The highest BCUT2D eigenvalue weighted by molar-refractivity contribution is 5.77. The lowest BCUT2D eigenvalue weighted by Crippen LogP contribution is -2.20. The Morgan fingerprint density at radius 1 is 1.12 bits per heavy atom. The van der Waals surface area contributed by atoms with Crippen molar-refractivity contribution in [2.45, 2.75) is 13.0 Å². The zero-order valence-corrected chi connectivity index (χ0v) is 13.5. The van der Waals surface area contributed by atoms with Gasteiger partial charge in [-0.05, 0) is 46.7 Å². The van der Waals surface area contributed by atoms with Crippen molar-refractivity contribution >= 4 is 11.6 Å². The summed E-state index contributed by atoms with van der Waals surface area (Å²) >= 11 is 0. The van der Waals surface area contributed by atoms with Gasteiger partial charge in [-0.2, -0.15) is 4.68 Å². The second-order valence-corrected chi connectivity index (χ2v) is 5.74. The number of fused-ring (bicyclic) bond motifs is 1. The van der Waals surface area contributed by atoms with Crippen molar-refractivity contribution in [1.82, 2.24) is 20.2 Å². The summed E-state index contributed by atoms with van der Waals surface area (Å²) in [5, 5.41) is 15.3. The molecule has 0 saturated carbocycles. The zero-order valence-electron chi connectivity index (χ0n) is 13.5. The average Bonchev–Trinajstić information content (AvgIpc) is 3.10. The van der Waals surface area contributed by atoms with Crippen LogP contribution in [0.2, 0.25) is 0 Å². The second-order valence-electron chi connectivity index (χ2n) is 5.74. The molecule has 1 aliphatic rings. The molecular formula is C18H17N5O. The SMILES string of the molecule is COc1cccc([C@@H]2C=C(c3ccc(C)cc3)Nc3nnnn32)c1. The molecule has 1 aliphatic heterocycles. The molecule has 24 heavy (non-hydrogen) atoms. The van der Waals surface area contributed by atoms with Crippen molar-refractivity contribution in [3.8, 4) is 5.75 Å². The van der Waals surface area contributed by atoms with Crippen LogP contribution in [-0.4, -0.2) is 27.3 Å². The first-order valence-corrected chi connectivity index (χ1v) is 7.72. The molecule has 0 unspecified atom stereocenters. The number of rotatable bonds is 3. The van der Waals surface area contributed by atoms with Gasteiger partial charge in [-0.3, -0.25) is 0 Å². The van der Waals surface area contributed by atoms with E-state index in [0.29, 0.717) is 5.95 Å². The maximum atomic E-state index is 5.34. The van der Waals surface area contributed by atoms with E-state index in [2.05, 4.69) is 58.1 Å². The van der Waals surface area contributed by atoms with Gasteiger partial charge in [-0.1, -0.05) is 47.1 Å². The van der Waals surface area contributed by atoms with E-state index in [0.717, 1.165) is 22.6 Å². The van der Waals surface area contributed by atoms with Gasteiger partial charge in [0.2, 0.25) is 5.95 Å².